The Labute approximate surface area is 108 Å². The number of benzene rings is 1. The molecule has 0 heterocycles. The number of halogens is 1. The molecule has 0 bridgehead atoms. The normalized spacial score (nSPS) is 14.6. The van der Waals surface area contributed by atoms with Crippen LogP contribution < -0.4 is 10.1 Å². The van der Waals surface area contributed by atoms with E-state index in [1.54, 1.807) is 25.1 Å². The van der Waals surface area contributed by atoms with Gasteiger partial charge in [-0.2, -0.15) is 0 Å². The summed E-state index contributed by atoms with van der Waals surface area (Å²) in [7, 11) is 1.41. The molecule has 1 aromatic carbocycles. The van der Waals surface area contributed by atoms with Gasteiger partial charge in [0.05, 0.1) is 12.7 Å². The zero-order valence-electron chi connectivity index (χ0n) is 11.5. The fraction of sp³-hybridized carbons (Fsp3) is 0.571. The average molecular weight is 255 g/mol. The van der Waals surface area contributed by atoms with Gasteiger partial charge in [0, 0.05) is 11.6 Å². The van der Waals surface area contributed by atoms with Crippen molar-refractivity contribution in [2.45, 2.75) is 38.8 Å². The van der Waals surface area contributed by atoms with E-state index >= 15 is 0 Å². The van der Waals surface area contributed by atoms with Crippen LogP contribution in [0.2, 0.25) is 0 Å². The number of nitrogens with one attached hydrogen (secondary N) is 1. The highest BCUT2D eigenvalue weighted by Gasteiger charge is 2.27. The van der Waals surface area contributed by atoms with Crippen molar-refractivity contribution in [3.05, 3.63) is 29.6 Å². The average Bonchev–Trinajstić information content (AvgIpc) is 2.28. The summed E-state index contributed by atoms with van der Waals surface area (Å²) in [6.45, 7) is 6.30. The summed E-state index contributed by atoms with van der Waals surface area (Å²) < 4.78 is 19.0. The smallest absolute Gasteiger partial charge is 0.171 e. The molecule has 0 radical (unpaired) electrons. The molecule has 102 valence electrons. The number of hydrogen-bond donors (Lipinski definition) is 2. The first-order valence-electron chi connectivity index (χ1n) is 6.17. The Balaban J connectivity index is 2.84. The quantitative estimate of drug-likeness (QED) is 0.820. The van der Waals surface area contributed by atoms with Crippen LogP contribution in [0.1, 0.15) is 32.8 Å². The summed E-state index contributed by atoms with van der Waals surface area (Å²) in [5.41, 5.74) is -0.937. The number of hydrogen-bond acceptors (Lipinski definition) is 3. The molecule has 0 fully saturated rings. The zero-order valence-corrected chi connectivity index (χ0v) is 11.5. The Bertz CT molecular complexity index is 391. The van der Waals surface area contributed by atoms with Gasteiger partial charge in [0.1, 0.15) is 0 Å². The zero-order chi connectivity index (χ0) is 13.8. The lowest BCUT2D eigenvalue weighted by atomic mass is 9.91. The van der Waals surface area contributed by atoms with Crippen LogP contribution >= 0.6 is 0 Å². The van der Waals surface area contributed by atoms with Gasteiger partial charge in [-0.25, -0.2) is 4.39 Å². The molecule has 1 atom stereocenters. The Hall–Kier alpha value is -1.13. The third-order valence-corrected chi connectivity index (χ3v) is 2.93. The van der Waals surface area contributed by atoms with Crippen molar-refractivity contribution in [2.24, 2.45) is 0 Å². The topological polar surface area (TPSA) is 41.5 Å². The van der Waals surface area contributed by atoms with E-state index in [0.717, 1.165) is 0 Å². The molecular formula is C14H22FNO2. The maximum absolute atomic E-state index is 14.0. The van der Waals surface area contributed by atoms with E-state index in [1.165, 1.54) is 7.11 Å². The second-order valence-corrected chi connectivity index (χ2v) is 4.95. The summed E-state index contributed by atoms with van der Waals surface area (Å²) in [5, 5.41) is 13.6. The van der Waals surface area contributed by atoms with Crippen molar-refractivity contribution < 1.29 is 14.2 Å². The van der Waals surface area contributed by atoms with Crippen LogP contribution in [-0.4, -0.2) is 24.8 Å². The molecule has 1 unspecified atom stereocenters. The van der Waals surface area contributed by atoms with Gasteiger partial charge in [-0.15, -0.1) is 0 Å². The van der Waals surface area contributed by atoms with Crippen molar-refractivity contribution in [2.75, 3.05) is 13.7 Å². The van der Waals surface area contributed by atoms with Gasteiger partial charge < -0.3 is 15.2 Å². The van der Waals surface area contributed by atoms with E-state index in [1.807, 2.05) is 13.8 Å². The fourth-order valence-corrected chi connectivity index (χ4v) is 1.82. The van der Waals surface area contributed by atoms with Crippen molar-refractivity contribution in [3.63, 3.8) is 0 Å². The summed E-state index contributed by atoms with van der Waals surface area (Å²) in [6.07, 6.45) is 0.440. The molecular weight excluding hydrogens is 233 g/mol. The largest absolute Gasteiger partial charge is 0.494 e. The van der Waals surface area contributed by atoms with Gasteiger partial charge in [-0.3, -0.25) is 0 Å². The highest BCUT2D eigenvalue weighted by Crippen LogP contribution is 2.31. The summed E-state index contributed by atoms with van der Waals surface area (Å²) in [5.74, 6) is -0.334. The maximum atomic E-state index is 14.0. The van der Waals surface area contributed by atoms with Crippen molar-refractivity contribution >= 4 is 0 Å². The van der Waals surface area contributed by atoms with Crippen LogP contribution in [0, 0.1) is 5.82 Å². The van der Waals surface area contributed by atoms with Crippen LogP contribution in [0.3, 0.4) is 0 Å². The number of rotatable bonds is 6. The van der Waals surface area contributed by atoms with Gasteiger partial charge in [0.25, 0.3) is 0 Å². The van der Waals surface area contributed by atoms with Gasteiger partial charge >= 0.3 is 0 Å². The third kappa shape index (κ3) is 3.68. The van der Waals surface area contributed by atoms with E-state index in [9.17, 15) is 9.50 Å². The first-order valence-corrected chi connectivity index (χ1v) is 6.17. The van der Waals surface area contributed by atoms with E-state index in [0.29, 0.717) is 19.0 Å². The molecule has 0 saturated carbocycles. The summed E-state index contributed by atoms with van der Waals surface area (Å²) in [4.78, 5) is 0. The lowest BCUT2D eigenvalue weighted by Gasteiger charge is -2.25. The van der Waals surface area contributed by atoms with Gasteiger partial charge in [0.2, 0.25) is 0 Å². The predicted octanol–water partition coefficient (Wildman–Crippen LogP) is 2.43. The van der Waals surface area contributed by atoms with Crippen molar-refractivity contribution in [1.29, 1.82) is 0 Å². The van der Waals surface area contributed by atoms with Crippen molar-refractivity contribution in [3.8, 4) is 5.75 Å². The van der Waals surface area contributed by atoms with E-state index in [2.05, 4.69) is 5.32 Å². The van der Waals surface area contributed by atoms with E-state index in [-0.39, 0.29) is 11.3 Å². The lowest BCUT2D eigenvalue weighted by Crippen LogP contribution is -2.31. The Morgan fingerprint density at radius 2 is 2.11 bits per heavy atom. The molecule has 0 aliphatic rings. The van der Waals surface area contributed by atoms with Crippen molar-refractivity contribution in [1.82, 2.24) is 5.32 Å². The Morgan fingerprint density at radius 3 is 2.67 bits per heavy atom. The summed E-state index contributed by atoms with van der Waals surface area (Å²) >= 11 is 0. The van der Waals surface area contributed by atoms with Crippen LogP contribution in [0.25, 0.3) is 0 Å². The molecule has 1 rings (SSSR count). The maximum Gasteiger partial charge on any atom is 0.171 e. The Kier molecular flexibility index (Phi) is 5.11. The molecule has 3 nitrogen and oxygen atoms in total. The highest BCUT2D eigenvalue weighted by molar-refractivity contribution is 5.34. The predicted molar refractivity (Wildman–Crippen MR) is 70.3 cm³/mol. The molecule has 0 aromatic heterocycles. The van der Waals surface area contributed by atoms with Crippen LogP contribution in [-0.2, 0) is 5.60 Å². The molecule has 1 aromatic rings. The highest BCUT2D eigenvalue weighted by atomic mass is 19.1. The first kappa shape index (κ1) is 14.9. The second-order valence-electron chi connectivity index (χ2n) is 4.95. The van der Waals surface area contributed by atoms with E-state index in [4.69, 9.17) is 4.74 Å². The van der Waals surface area contributed by atoms with Crippen LogP contribution in [0.5, 0.6) is 5.75 Å². The van der Waals surface area contributed by atoms with E-state index < -0.39 is 11.4 Å². The fourth-order valence-electron chi connectivity index (χ4n) is 1.82. The van der Waals surface area contributed by atoms with Gasteiger partial charge in [0.15, 0.2) is 11.6 Å². The molecule has 2 N–H and O–H groups in total. The molecule has 0 saturated heterocycles. The van der Waals surface area contributed by atoms with Crippen LogP contribution in [0.4, 0.5) is 4.39 Å². The van der Waals surface area contributed by atoms with Gasteiger partial charge in [-0.05, 0) is 26.0 Å². The molecule has 0 aliphatic carbocycles. The summed E-state index contributed by atoms with van der Waals surface area (Å²) in [6, 6.07) is 5.16. The minimum atomic E-state index is -1.21. The molecule has 4 heteroatoms. The monoisotopic (exact) mass is 255 g/mol. The number of methoxy groups -OCH3 is 1. The minimum Gasteiger partial charge on any atom is -0.494 e. The minimum absolute atomic E-state index is 0.157. The van der Waals surface area contributed by atoms with Crippen LogP contribution in [0.15, 0.2) is 18.2 Å². The molecule has 0 aliphatic heterocycles. The SMILES string of the molecule is COc1cccc(C(C)(O)CCNC(C)C)c1F. The lowest BCUT2D eigenvalue weighted by molar-refractivity contribution is 0.0434. The number of aliphatic hydroxyl groups is 1. The standard InChI is InChI=1S/C14H22FNO2/c1-10(2)16-9-8-14(3,17)11-6-5-7-12(18-4)13(11)15/h5-7,10,16-17H,8-9H2,1-4H3. The number of ether oxygens (including phenoxy) is 1. The Morgan fingerprint density at radius 1 is 1.44 bits per heavy atom. The third-order valence-electron chi connectivity index (χ3n) is 2.93. The molecule has 18 heavy (non-hydrogen) atoms. The first-order chi connectivity index (χ1) is 8.38. The molecule has 0 spiro atoms. The second kappa shape index (κ2) is 6.16. The molecule has 0 amide bonds. The van der Waals surface area contributed by atoms with Gasteiger partial charge in [-0.1, -0.05) is 26.0 Å².